The van der Waals surface area contributed by atoms with E-state index >= 15 is 0 Å². The van der Waals surface area contributed by atoms with Gasteiger partial charge in [0, 0.05) is 10.8 Å². The Morgan fingerprint density at radius 2 is 2.00 bits per heavy atom. The van der Waals surface area contributed by atoms with E-state index in [2.05, 4.69) is 12.1 Å². The van der Waals surface area contributed by atoms with Gasteiger partial charge in [0.15, 0.2) is 0 Å². The zero-order valence-corrected chi connectivity index (χ0v) is 10.9. The maximum atomic E-state index is 9.45. The molecule has 0 unspecified atom stereocenters. The normalized spacial score (nSPS) is 22.7. The number of hydrogen-bond donors (Lipinski definition) is 1. The topological polar surface area (TPSA) is 82.8 Å². The van der Waals surface area contributed by atoms with Gasteiger partial charge in [0.05, 0.1) is 17.6 Å². The van der Waals surface area contributed by atoms with Crippen LogP contribution in [0.25, 0.3) is 0 Å². The Balaban J connectivity index is 2.15. The summed E-state index contributed by atoms with van der Waals surface area (Å²) in [5.41, 5.74) is 6.73. The van der Waals surface area contributed by atoms with Crippen LogP contribution in [0.2, 0.25) is 0 Å². The molecule has 2 heterocycles. The Morgan fingerprint density at radius 1 is 1.26 bits per heavy atom. The largest absolute Gasteiger partial charge is 0.444 e. The lowest BCUT2D eigenvalue weighted by molar-refractivity contribution is 0.261. The van der Waals surface area contributed by atoms with Crippen molar-refractivity contribution in [1.82, 2.24) is 0 Å². The Labute approximate surface area is 115 Å². The van der Waals surface area contributed by atoms with Gasteiger partial charge in [-0.3, -0.25) is 0 Å². The molecule has 0 aromatic carbocycles. The molecule has 5 heteroatoms. The van der Waals surface area contributed by atoms with Crippen molar-refractivity contribution in [2.75, 3.05) is 0 Å². The number of allylic oxidation sites excluding steroid dienone is 3. The number of ether oxygens (including phenoxy) is 1. The second-order valence-corrected chi connectivity index (χ2v) is 5.58. The number of thiophene rings is 1. The fourth-order valence-electron chi connectivity index (χ4n) is 2.29. The third kappa shape index (κ3) is 1.89. The smallest absolute Gasteiger partial charge is 0.205 e. The third-order valence-corrected chi connectivity index (χ3v) is 4.28. The molecule has 1 saturated carbocycles. The number of nitrogens with zero attached hydrogens (tertiary/aromatic N) is 2. The maximum Gasteiger partial charge on any atom is 0.205 e. The highest BCUT2D eigenvalue weighted by molar-refractivity contribution is 7.10. The van der Waals surface area contributed by atoms with Crippen LogP contribution in [0.5, 0.6) is 0 Å². The fourth-order valence-corrected chi connectivity index (χ4v) is 3.13. The predicted octanol–water partition coefficient (Wildman–Crippen LogP) is 2.74. The van der Waals surface area contributed by atoms with Crippen molar-refractivity contribution in [3.63, 3.8) is 0 Å². The second kappa shape index (κ2) is 4.46. The lowest BCUT2D eigenvalue weighted by atomic mass is 9.87. The van der Waals surface area contributed by atoms with Crippen molar-refractivity contribution in [1.29, 1.82) is 10.5 Å². The van der Waals surface area contributed by atoms with Gasteiger partial charge in [-0.25, -0.2) is 0 Å². The van der Waals surface area contributed by atoms with E-state index in [1.54, 1.807) is 0 Å². The summed E-state index contributed by atoms with van der Waals surface area (Å²) >= 11 is 1.52. The highest BCUT2D eigenvalue weighted by Gasteiger charge is 2.39. The molecular weight excluding hydrogens is 258 g/mol. The van der Waals surface area contributed by atoms with E-state index in [0.29, 0.717) is 16.9 Å². The zero-order valence-electron chi connectivity index (χ0n) is 10.1. The van der Waals surface area contributed by atoms with E-state index in [4.69, 9.17) is 10.5 Å². The van der Waals surface area contributed by atoms with Crippen LogP contribution in [0.4, 0.5) is 0 Å². The lowest BCUT2D eigenvalue weighted by Gasteiger charge is -2.24. The Kier molecular flexibility index (Phi) is 2.77. The van der Waals surface area contributed by atoms with Gasteiger partial charge in [0.1, 0.15) is 17.4 Å². The summed E-state index contributed by atoms with van der Waals surface area (Å²) in [6, 6.07) is 8.14. The molecule has 1 aromatic heterocycles. The van der Waals surface area contributed by atoms with Gasteiger partial charge < -0.3 is 10.5 Å². The highest BCUT2D eigenvalue weighted by Crippen LogP contribution is 2.47. The summed E-state index contributed by atoms with van der Waals surface area (Å²) in [5.74, 6) is 0.731. The second-order valence-electron chi connectivity index (χ2n) is 4.60. The third-order valence-electron chi connectivity index (χ3n) is 3.34. The van der Waals surface area contributed by atoms with Crippen molar-refractivity contribution < 1.29 is 4.74 Å². The molecule has 3 rings (SSSR count). The van der Waals surface area contributed by atoms with Crippen LogP contribution in [0, 0.1) is 28.6 Å². The summed E-state index contributed by atoms with van der Waals surface area (Å²) in [7, 11) is 0. The molecule has 1 fully saturated rings. The summed E-state index contributed by atoms with van der Waals surface area (Å²) in [6.07, 6.45) is 2.04. The van der Waals surface area contributed by atoms with Crippen molar-refractivity contribution in [3.05, 3.63) is 45.2 Å². The molecule has 0 bridgehead atoms. The van der Waals surface area contributed by atoms with Crippen LogP contribution in [-0.2, 0) is 4.74 Å². The van der Waals surface area contributed by atoms with Gasteiger partial charge in [0.25, 0.3) is 0 Å². The molecular formula is C14H11N3OS. The number of hydrogen-bond acceptors (Lipinski definition) is 5. The standard InChI is InChI=1S/C14H11N3OS/c15-6-9-12(11-2-1-5-19-11)10(7-16)14(17)18-13(9)8-3-4-8/h1-2,5,8,12H,3-4,17H2/t12-/m0/s1. The average Bonchev–Trinajstić information content (AvgIpc) is 3.12. The molecule has 0 radical (unpaired) electrons. The van der Waals surface area contributed by atoms with Crippen molar-refractivity contribution in [2.24, 2.45) is 11.7 Å². The van der Waals surface area contributed by atoms with Gasteiger partial charge in [-0.15, -0.1) is 11.3 Å². The Bertz CT molecular complexity index is 654. The van der Waals surface area contributed by atoms with Gasteiger partial charge >= 0.3 is 0 Å². The van der Waals surface area contributed by atoms with Crippen LogP contribution < -0.4 is 5.73 Å². The van der Waals surface area contributed by atoms with E-state index in [1.807, 2.05) is 17.5 Å². The van der Waals surface area contributed by atoms with E-state index in [9.17, 15) is 10.5 Å². The monoisotopic (exact) mass is 269 g/mol. The molecule has 19 heavy (non-hydrogen) atoms. The molecule has 0 saturated heterocycles. The van der Waals surface area contributed by atoms with Gasteiger partial charge in [-0.1, -0.05) is 6.07 Å². The number of nitrogens with two attached hydrogens (primary N) is 1. The van der Waals surface area contributed by atoms with E-state index in [1.165, 1.54) is 11.3 Å². The molecule has 4 nitrogen and oxygen atoms in total. The first kappa shape index (κ1) is 11.8. The minimum absolute atomic E-state index is 0.141. The average molecular weight is 269 g/mol. The van der Waals surface area contributed by atoms with E-state index in [0.717, 1.165) is 17.7 Å². The summed E-state index contributed by atoms with van der Waals surface area (Å²) < 4.78 is 5.54. The highest BCUT2D eigenvalue weighted by atomic mass is 32.1. The molecule has 2 N–H and O–H groups in total. The van der Waals surface area contributed by atoms with Crippen LogP contribution in [0.1, 0.15) is 23.6 Å². The first-order chi connectivity index (χ1) is 9.26. The van der Waals surface area contributed by atoms with Crippen LogP contribution in [0.15, 0.2) is 40.3 Å². The van der Waals surface area contributed by atoms with E-state index in [-0.39, 0.29) is 17.7 Å². The van der Waals surface area contributed by atoms with Gasteiger partial charge in [-0.05, 0) is 24.3 Å². The molecule has 2 aliphatic rings. The Hall–Kier alpha value is -2.24. The molecule has 1 aliphatic carbocycles. The molecule has 0 spiro atoms. The SMILES string of the molecule is N#CC1=C(N)OC(C2CC2)=C(C#N)[C@@H]1c1cccs1. The van der Waals surface area contributed by atoms with Crippen LogP contribution in [0.3, 0.4) is 0 Å². The predicted molar refractivity (Wildman–Crippen MR) is 70.3 cm³/mol. The summed E-state index contributed by atoms with van der Waals surface area (Å²) in [5, 5.41) is 20.7. The van der Waals surface area contributed by atoms with E-state index < -0.39 is 0 Å². The molecule has 1 atom stereocenters. The summed E-state index contributed by atoms with van der Waals surface area (Å²) in [4.78, 5) is 0.956. The van der Waals surface area contributed by atoms with Crippen molar-refractivity contribution >= 4 is 11.3 Å². The zero-order chi connectivity index (χ0) is 13.4. The molecule has 0 amide bonds. The molecule has 94 valence electrons. The maximum absolute atomic E-state index is 9.45. The number of nitriles is 2. The molecule has 1 aromatic rings. The van der Waals surface area contributed by atoms with Crippen molar-refractivity contribution in [2.45, 2.75) is 18.8 Å². The van der Waals surface area contributed by atoms with Crippen molar-refractivity contribution in [3.8, 4) is 12.1 Å². The van der Waals surface area contributed by atoms with Crippen LogP contribution >= 0.6 is 11.3 Å². The van der Waals surface area contributed by atoms with Gasteiger partial charge in [0.2, 0.25) is 5.88 Å². The minimum atomic E-state index is -0.362. The minimum Gasteiger partial charge on any atom is -0.444 e. The number of rotatable bonds is 2. The van der Waals surface area contributed by atoms with Crippen LogP contribution in [-0.4, -0.2) is 0 Å². The lowest BCUT2D eigenvalue weighted by Crippen LogP contribution is -2.20. The first-order valence-electron chi connectivity index (χ1n) is 6.01. The fraction of sp³-hybridized carbons (Fsp3) is 0.286. The summed E-state index contributed by atoms with van der Waals surface area (Å²) in [6.45, 7) is 0. The molecule has 1 aliphatic heterocycles. The first-order valence-corrected chi connectivity index (χ1v) is 6.89. The van der Waals surface area contributed by atoms with Gasteiger partial charge in [-0.2, -0.15) is 10.5 Å². The Morgan fingerprint density at radius 3 is 2.53 bits per heavy atom. The quantitative estimate of drug-likeness (QED) is 0.894.